The van der Waals surface area contributed by atoms with Crippen LogP contribution in [0.2, 0.25) is 0 Å². The third kappa shape index (κ3) is 30.6. The first-order valence-corrected chi connectivity index (χ1v) is 29.7. The molecule has 0 saturated carbocycles. The first kappa shape index (κ1) is 79.2. The van der Waals surface area contributed by atoms with Gasteiger partial charge in [-0.2, -0.15) is 0 Å². The molecule has 0 atom stereocenters. The van der Waals surface area contributed by atoms with E-state index in [1.54, 1.807) is 146 Å². The molecule has 0 heterocycles. The normalized spacial score (nSPS) is 9.77. The van der Waals surface area contributed by atoms with Gasteiger partial charge in [0.2, 0.25) is 0 Å². The summed E-state index contributed by atoms with van der Waals surface area (Å²) in [4.78, 5) is 47.4. The lowest BCUT2D eigenvalue weighted by Gasteiger charge is -2.10. The van der Waals surface area contributed by atoms with Gasteiger partial charge in [0, 0.05) is 35.5 Å². The van der Waals surface area contributed by atoms with Crippen LogP contribution in [0.25, 0.3) is 0 Å². The minimum absolute atomic E-state index is 0. The third-order valence-corrected chi connectivity index (χ3v) is 12.5. The van der Waals surface area contributed by atoms with Crippen LogP contribution in [0.3, 0.4) is 0 Å². The Kier molecular flexibility index (Phi) is 38.7. The average Bonchev–Trinajstić information content (AvgIpc) is 1.43. The van der Waals surface area contributed by atoms with Crippen LogP contribution in [0.5, 0.6) is 46.0 Å². The van der Waals surface area contributed by atoms with Gasteiger partial charge in [-0.25, -0.2) is 19.2 Å². The van der Waals surface area contributed by atoms with Crippen molar-refractivity contribution < 1.29 is 97.9 Å². The predicted molar refractivity (Wildman–Crippen MR) is 362 cm³/mol. The third-order valence-electron chi connectivity index (χ3n) is 12.5. The highest BCUT2D eigenvalue weighted by molar-refractivity contribution is 5.69. The highest BCUT2D eigenvalue weighted by Gasteiger charge is 2.16. The number of carbonyl (C=O) groups excluding carboxylic acids is 4. The predicted octanol–water partition coefficient (Wildman–Crippen LogP) is 15.0. The largest absolute Gasteiger partial charge is 0.519 e. The van der Waals surface area contributed by atoms with Crippen LogP contribution in [0.15, 0.2) is 279 Å². The molecule has 20 nitrogen and oxygen atoms in total. The Morgan fingerprint density at radius 1 is 0.250 bits per heavy atom. The molecule has 20 heteroatoms. The second kappa shape index (κ2) is 46.9. The van der Waals surface area contributed by atoms with Crippen molar-refractivity contribution in [1.82, 2.24) is 0 Å². The van der Waals surface area contributed by atoms with Gasteiger partial charge in [-0.1, -0.05) is 220 Å². The van der Waals surface area contributed by atoms with Gasteiger partial charge >= 0.3 is 24.6 Å². The van der Waals surface area contributed by atoms with Gasteiger partial charge in [-0.3, -0.25) is 0 Å². The molecule has 0 saturated heterocycles. The van der Waals surface area contributed by atoms with E-state index in [0.29, 0.717) is 98.9 Å². The number of para-hydroxylation sites is 8. The van der Waals surface area contributed by atoms with Crippen molar-refractivity contribution >= 4 is 24.6 Å². The lowest BCUT2D eigenvalue weighted by atomic mass is 10.2. The van der Waals surface area contributed by atoms with Crippen LogP contribution < -0.4 is 37.9 Å². The van der Waals surface area contributed by atoms with Crippen molar-refractivity contribution in [2.45, 2.75) is 66.3 Å². The van der Waals surface area contributed by atoms with E-state index in [9.17, 15) is 19.2 Å². The first-order valence-electron chi connectivity index (χ1n) is 29.7. The molecule has 10 aromatic carbocycles. The van der Waals surface area contributed by atoms with Gasteiger partial charge in [-0.15, -0.1) is 0 Å². The van der Waals surface area contributed by atoms with Crippen LogP contribution in [-0.2, 0) is 58.6 Å². The highest BCUT2D eigenvalue weighted by atomic mass is 16.7. The van der Waals surface area contributed by atoms with Crippen molar-refractivity contribution in [1.29, 1.82) is 0 Å². The van der Waals surface area contributed by atoms with Gasteiger partial charge in [-0.05, 0) is 97.3 Å². The Morgan fingerprint density at radius 3 is 0.740 bits per heavy atom. The topological polar surface area (TPSA) is 305 Å². The average molecular weight is 1310 g/mol. The van der Waals surface area contributed by atoms with E-state index >= 15 is 0 Å². The van der Waals surface area contributed by atoms with E-state index in [2.05, 4.69) is 6.92 Å². The number of hydrogen-bond acceptors (Lipinski definition) is 16. The van der Waals surface area contributed by atoms with Crippen molar-refractivity contribution in [2.75, 3.05) is 13.2 Å². The molecule has 0 bridgehead atoms. The summed E-state index contributed by atoms with van der Waals surface area (Å²) >= 11 is 0. The first-order chi connectivity index (χ1) is 45.2. The smallest absolute Gasteiger partial charge is 0.412 e. The zero-order valence-corrected chi connectivity index (χ0v) is 53.2. The van der Waals surface area contributed by atoms with E-state index in [0.717, 1.165) is 46.2 Å². The van der Waals surface area contributed by atoms with E-state index in [-0.39, 0.29) is 21.9 Å². The molecule has 10 aromatic rings. The fourth-order valence-corrected chi connectivity index (χ4v) is 8.02. The maximum atomic E-state index is 11.9. The number of hydrogen-bond donors (Lipinski definition) is 0. The molecule has 0 unspecified atom stereocenters. The highest BCUT2D eigenvalue weighted by Crippen LogP contribution is 2.25. The van der Waals surface area contributed by atoms with E-state index in [1.807, 2.05) is 140 Å². The lowest BCUT2D eigenvalue weighted by Crippen LogP contribution is -2.14. The van der Waals surface area contributed by atoms with Crippen molar-refractivity contribution in [3.05, 3.63) is 312 Å². The molecule has 8 N–H and O–H groups in total. The summed E-state index contributed by atoms with van der Waals surface area (Å²) in [6.07, 6.45) is -0.976. The molecule has 10 rings (SSSR count). The number of unbranched alkanes of at least 4 members (excludes halogenated alkanes) is 1. The van der Waals surface area contributed by atoms with E-state index in [1.165, 1.54) is 0 Å². The summed E-state index contributed by atoms with van der Waals surface area (Å²) < 4.78 is 63.9. The van der Waals surface area contributed by atoms with E-state index in [4.69, 9.17) is 56.8 Å². The van der Waals surface area contributed by atoms with Crippen molar-refractivity contribution in [2.24, 2.45) is 0 Å². The quantitative estimate of drug-likeness (QED) is 0.0308. The van der Waals surface area contributed by atoms with Crippen molar-refractivity contribution in [3.8, 4) is 46.0 Å². The lowest BCUT2D eigenvalue weighted by molar-refractivity contribution is 0.104. The fourth-order valence-electron chi connectivity index (χ4n) is 8.02. The number of benzene rings is 10. The standard InChI is InChI=1S/2C21H18O4.C18H20O4.C16H16O4.4H2O/c2*22-21(24-19-12-5-2-6-13-19)25-20-14-8-7-11-18(20)16-23-15-17-9-3-1-4-10-17;1-2-3-13-20-14-15-9-7-8-12-17(15)22-18(19)21-16-10-5-4-6-11-16;1-2-18-12-13-8-6-7-11-15(13)20-16(17)19-14-9-4-3-5-10-14;;;;/h2*1-14H,15-16H2;4-12H,2-3,13-14H2,1H3;3-11H,2,12H2,1H3;4*1H2. The molecule has 0 fully saturated rings. The van der Waals surface area contributed by atoms with Crippen LogP contribution in [0, 0.1) is 0 Å². The van der Waals surface area contributed by atoms with Gasteiger partial charge in [0.15, 0.2) is 0 Å². The zero-order valence-electron chi connectivity index (χ0n) is 53.2. The molecule has 504 valence electrons. The van der Waals surface area contributed by atoms with Gasteiger partial charge < -0.3 is 78.7 Å². The minimum atomic E-state index is -0.776. The Bertz CT molecular complexity index is 3580. The van der Waals surface area contributed by atoms with Crippen LogP contribution in [0.1, 0.15) is 60.1 Å². The van der Waals surface area contributed by atoms with Gasteiger partial charge in [0.25, 0.3) is 0 Å². The van der Waals surface area contributed by atoms with Crippen LogP contribution >= 0.6 is 0 Å². The Morgan fingerprint density at radius 2 is 0.479 bits per heavy atom. The molecule has 0 radical (unpaired) electrons. The fraction of sp³-hybridized carbons (Fsp3) is 0.158. The van der Waals surface area contributed by atoms with Gasteiger partial charge in [0.1, 0.15) is 46.0 Å². The summed E-state index contributed by atoms with van der Waals surface area (Å²) in [7, 11) is 0. The molecular weight excluding hydrogens is 1230 g/mol. The summed E-state index contributed by atoms with van der Waals surface area (Å²) in [6, 6.07) is 84.0. The minimum Gasteiger partial charge on any atom is -0.412 e. The Balaban J connectivity index is 0.000000330. The maximum absolute atomic E-state index is 11.9. The molecule has 96 heavy (non-hydrogen) atoms. The monoisotopic (exact) mass is 1310 g/mol. The molecule has 0 spiro atoms. The van der Waals surface area contributed by atoms with E-state index < -0.39 is 24.6 Å². The zero-order chi connectivity index (χ0) is 64.5. The van der Waals surface area contributed by atoms with Crippen molar-refractivity contribution in [3.63, 3.8) is 0 Å². The molecular formula is C76H80O20. The molecule has 0 aromatic heterocycles. The van der Waals surface area contributed by atoms with Crippen LogP contribution in [-0.4, -0.2) is 59.7 Å². The Hall–Kier alpha value is -11.0. The molecule has 0 aliphatic carbocycles. The van der Waals surface area contributed by atoms with Gasteiger partial charge in [0.05, 0.1) is 39.6 Å². The summed E-state index contributed by atoms with van der Waals surface area (Å²) in [5.41, 5.74) is 5.36. The maximum Gasteiger partial charge on any atom is 0.519 e. The summed E-state index contributed by atoms with van der Waals surface area (Å²) in [5, 5.41) is 0. The number of carbonyl (C=O) groups is 4. The molecule has 0 aliphatic heterocycles. The second-order valence-corrected chi connectivity index (χ2v) is 19.5. The molecule has 0 amide bonds. The second-order valence-electron chi connectivity index (χ2n) is 19.5. The SMILES string of the molecule is CCCCOCc1ccccc1OC(=O)Oc1ccccc1.CCOCc1ccccc1OC(=O)Oc1ccccc1.O.O.O.O.O=C(Oc1ccccc1)Oc1ccccc1COCc1ccccc1.O=C(Oc1ccccc1)Oc1ccccc1COCc1ccccc1. The summed E-state index contributed by atoms with van der Waals surface area (Å²) in [6.45, 7) is 7.77. The number of rotatable bonds is 24. The summed E-state index contributed by atoms with van der Waals surface area (Å²) in [5.74, 6) is 3.52. The number of ether oxygens (including phenoxy) is 12. The molecule has 0 aliphatic rings. The Labute approximate surface area is 558 Å². The van der Waals surface area contributed by atoms with Crippen LogP contribution in [0.4, 0.5) is 19.2 Å².